The zero-order chi connectivity index (χ0) is 29.7. The first-order chi connectivity index (χ1) is 19.1. The maximum absolute atomic E-state index is 11.3. The molecule has 5 rings (SSSR count). The average Bonchev–Trinajstić information content (AvgIpc) is 3.56. The summed E-state index contributed by atoms with van der Waals surface area (Å²) in [6.07, 6.45) is 3.49. The topological polar surface area (TPSA) is 87.3 Å². The molecule has 6 heteroatoms. The van der Waals surface area contributed by atoms with E-state index >= 15 is 0 Å². The highest BCUT2D eigenvalue weighted by Gasteiger charge is 2.25. The molecule has 0 saturated carbocycles. The number of aromatic hydroxyl groups is 1. The third kappa shape index (κ3) is 5.69. The largest absolute Gasteiger partial charge is 0.507 e. The third-order valence-electron chi connectivity index (χ3n) is 7.44. The molecule has 212 valence electrons. The summed E-state index contributed by atoms with van der Waals surface area (Å²) in [5.74, 6) is 0.745. The van der Waals surface area contributed by atoms with Crippen LogP contribution in [0.15, 0.2) is 70.2 Å². The van der Waals surface area contributed by atoms with Crippen molar-refractivity contribution in [3.63, 3.8) is 0 Å². The van der Waals surface area contributed by atoms with E-state index < -0.39 is 0 Å². The van der Waals surface area contributed by atoms with Crippen molar-refractivity contribution < 1.29 is 9.52 Å². The standard InChI is InChI=1S/C35H40N4O2/c1-33(2,3)22-16-21(31(40)26(18-22)35(7,8)9)20-36-27-13-11-10-12-24(27)32-38-30-25(28-14-15-37-39-28)17-23(34(4,5)6)19-29(30)41-32/h10-20,40H,1-9H3,(H,37,39). The average molecular weight is 549 g/mol. The lowest BCUT2D eigenvalue weighted by molar-refractivity contribution is 0.444. The van der Waals surface area contributed by atoms with E-state index in [1.807, 2.05) is 36.4 Å². The van der Waals surface area contributed by atoms with Gasteiger partial charge in [-0.25, -0.2) is 4.98 Å². The van der Waals surface area contributed by atoms with E-state index in [0.717, 1.165) is 39.0 Å². The molecular formula is C35H40N4O2. The summed E-state index contributed by atoms with van der Waals surface area (Å²) in [5, 5.41) is 18.5. The molecule has 0 atom stereocenters. The molecule has 5 aromatic rings. The molecule has 2 aromatic heterocycles. The number of aromatic amines is 1. The zero-order valence-corrected chi connectivity index (χ0v) is 25.5. The number of rotatable bonds is 4. The van der Waals surface area contributed by atoms with Crippen LogP contribution < -0.4 is 0 Å². The van der Waals surface area contributed by atoms with Gasteiger partial charge in [-0.15, -0.1) is 0 Å². The van der Waals surface area contributed by atoms with Crippen molar-refractivity contribution in [3.8, 4) is 28.5 Å². The minimum Gasteiger partial charge on any atom is -0.507 e. The Morgan fingerprint density at radius 2 is 1.49 bits per heavy atom. The molecule has 0 aliphatic heterocycles. The van der Waals surface area contributed by atoms with Gasteiger partial charge in [-0.2, -0.15) is 5.10 Å². The number of H-pyrrole nitrogens is 1. The van der Waals surface area contributed by atoms with E-state index in [-0.39, 0.29) is 22.0 Å². The fourth-order valence-corrected chi connectivity index (χ4v) is 4.86. The molecular weight excluding hydrogens is 508 g/mol. The number of nitrogens with zero attached hydrogens (tertiary/aromatic N) is 3. The lowest BCUT2D eigenvalue weighted by Crippen LogP contribution is -2.17. The number of oxazole rings is 1. The van der Waals surface area contributed by atoms with Crippen molar-refractivity contribution in [2.24, 2.45) is 4.99 Å². The number of phenols is 1. The van der Waals surface area contributed by atoms with Crippen molar-refractivity contribution in [1.82, 2.24) is 15.2 Å². The Hall–Kier alpha value is -4.19. The van der Waals surface area contributed by atoms with Gasteiger partial charge in [0.1, 0.15) is 11.3 Å². The normalized spacial score (nSPS) is 13.0. The van der Waals surface area contributed by atoms with Gasteiger partial charge < -0.3 is 9.52 Å². The first kappa shape index (κ1) is 28.3. The number of fused-ring (bicyclic) bond motifs is 1. The molecule has 0 unspecified atom stereocenters. The smallest absolute Gasteiger partial charge is 0.229 e. The number of hydrogen-bond donors (Lipinski definition) is 2. The van der Waals surface area contributed by atoms with Gasteiger partial charge in [0.05, 0.1) is 16.9 Å². The van der Waals surface area contributed by atoms with Crippen LogP contribution in [0.1, 0.15) is 84.6 Å². The molecule has 0 radical (unpaired) electrons. The Morgan fingerprint density at radius 3 is 2.12 bits per heavy atom. The monoisotopic (exact) mass is 548 g/mol. The molecule has 0 saturated heterocycles. The van der Waals surface area contributed by atoms with Crippen LogP contribution in [0, 0.1) is 0 Å². The summed E-state index contributed by atoms with van der Waals surface area (Å²) in [6, 6.07) is 18.1. The molecule has 0 bridgehead atoms. The maximum atomic E-state index is 11.3. The Bertz CT molecular complexity index is 1740. The van der Waals surface area contributed by atoms with E-state index in [2.05, 4.69) is 90.7 Å². The van der Waals surface area contributed by atoms with Crippen molar-refractivity contribution in [1.29, 1.82) is 0 Å². The van der Waals surface area contributed by atoms with Gasteiger partial charge in [0.2, 0.25) is 5.89 Å². The van der Waals surface area contributed by atoms with E-state index in [4.69, 9.17) is 14.4 Å². The second-order valence-corrected chi connectivity index (χ2v) is 13.8. The van der Waals surface area contributed by atoms with Gasteiger partial charge in [-0.1, -0.05) is 80.5 Å². The summed E-state index contributed by atoms with van der Waals surface area (Å²) in [6.45, 7) is 19.4. The van der Waals surface area contributed by atoms with E-state index in [1.54, 1.807) is 12.4 Å². The molecule has 0 fully saturated rings. The van der Waals surface area contributed by atoms with Crippen LogP contribution in [0.25, 0.3) is 33.8 Å². The first-order valence-corrected chi connectivity index (χ1v) is 14.1. The number of hydrogen-bond acceptors (Lipinski definition) is 5. The molecule has 41 heavy (non-hydrogen) atoms. The van der Waals surface area contributed by atoms with Crippen LogP contribution in [0.5, 0.6) is 5.75 Å². The van der Waals surface area contributed by atoms with Gasteiger partial charge in [0.15, 0.2) is 5.58 Å². The molecule has 0 aliphatic carbocycles. The molecule has 6 nitrogen and oxygen atoms in total. The Labute approximate surface area is 242 Å². The van der Waals surface area contributed by atoms with Gasteiger partial charge >= 0.3 is 0 Å². The lowest BCUT2D eigenvalue weighted by atomic mass is 9.79. The van der Waals surface area contributed by atoms with Crippen molar-refractivity contribution in [2.45, 2.75) is 78.6 Å². The molecule has 0 aliphatic rings. The fraction of sp³-hybridized carbons (Fsp3) is 0.343. The Balaban J connectivity index is 1.64. The van der Waals surface area contributed by atoms with Crippen LogP contribution in [-0.4, -0.2) is 26.5 Å². The highest BCUT2D eigenvalue weighted by molar-refractivity contribution is 5.93. The fourth-order valence-electron chi connectivity index (χ4n) is 4.86. The van der Waals surface area contributed by atoms with Gasteiger partial charge in [-0.3, -0.25) is 10.1 Å². The minimum absolute atomic E-state index is 0.0758. The summed E-state index contributed by atoms with van der Waals surface area (Å²) in [7, 11) is 0. The van der Waals surface area contributed by atoms with E-state index in [9.17, 15) is 5.11 Å². The number of nitrogens with one attached hydrogen (secondary N) is 1. The summed E-state index contributed by atoms with van der Waals surface area (Å²) in [5.41, 5.74) is 8.29. The summed E-state index contributed by atoms with van der Waals surface area (Å²) in [4.78, 5) is 9.81. The second kappa shape index (κ2) is 10.0. The highest BCUT2D eigenvalue weighted by atomic mass is 16.3. The van der Waals surface area contributed by atoms with Gasteiger partial charge in [0.25, 0.3) is 0 Å². The van der Waals surface area contributed by atoms with Crippen molar-refractivity contribution in [3.05, 3.63) is 83.0 Å². The van der Waals surface area contributed by atoms with Crippen molar-refractivity contribution in [2.75, 3.05) is 0 Å². The number of aliphatic imine (C=N–C) groups is 1. The molecule has 2 heterocycles. The van der Waals surface area contributed by atoms with Crippen molar-refractivity contribution >= 4 is 23.0 Å². The van der Waals surface area contributed by atoms with E-state index in [0.29, 0.717) is 22.7 Å². The second-order valence-electron chi connectivity index (χ2n) is 13.8. The van der Waals surface area contributed by atoms with Crippen LogP contribution in [0.2, 0.25) is 0 Å². The number of aromatic nitrogens is 3. The number of benzene rings is 3. The highest BCUT2D eigenvalue weighted by Crippen LogP contribution is 2.40. The van der Waals surface area contributed by atoms with Crippen LogP contribution >= 0.6 is 0 Å². The molecule has 2 N–H and O–H groups in total. The first-order valence-electron chi connectivity index (χ1n) is 14.1. The lowest BCUT2D eigenvalue weighted by Gasteiger charge is -2.27. The number of phenolic OH excluding ortho intramolecular Hbond substituents is 1. The molecule has 3 aromatic carbocycles. The van der Waals surface area contributed by atoms with Crippen LogP contribution in [0.4, 0.5) is 5.69 Å². The zero-order valence-electron chi connectivity index (χ0n) is 25.5. The minimum atomic E-state index is -0.220. The quantitative estimate of drug-likeness (QED) is 0.219. The third-order valence-corrected chi connectivity index (χ3v) is 7.44. The maximum Gasteiger partial charge on any atom is 0.229 e. The Kier molecular flexibility index (Phi) is 6.93. The summed E-state index contributed by atoms with van der Waals surface area (Å²) >= 11 is 0. The Morgan fingerprint density at radius 1 is 0.805 bits per heavy atom. The predicted molar refractivity (Wildman–Crippen MR) is 168 cm³/mol. The predicted octanol–water partition coefficient (Wildman–Crippen LogP) is 9.23. The van der Waals surface area contributed by atoms with Crippen LogP contribution in [-0.2, 0) is 16.2 Å². The number of para-hydroxylation sites is 1. The van der Waals surface area contributed by atoms with Gasteiger partial charge in [-0.05, 0) is 63.8 Å². The van der Waals surface area contributed by atoms with Crippen LogP contribution in [0.3, 0.4) is 0 Å². The SMILES string of the molecule is CC(C)(C)c1cc(C=Nc2ccccc2-c2nc3c(-c4ccn[nH]4)cc(C(C)(C)C)cc3o2)c(O)c(C(C)(C)C)c1. The van der Waals surface area contributed by atoms with E-state index in [1.165, 1.54) is 0 Å². The molecule has 0 spiro atoms. The molecule has 0 amide bonds. The van der Waals surface area contributed by atoms with Gasteiger partial charge in [0, 0.05) is 29.1 Å². The summed E-state index contributed by atoms with van der Waals surface area (Å²) < 4.78 is 6.40.